The number of nitrogens with one attached hydrogen (secondary N) is 1. The second kappa shape index (κ2) is 13.1. The maximum Gasteiger partial charge on any atom is 0.126 e. The van der Waals surface area contributed by atoms with Crippen molar-refractivity contribution in [2.24, 2.45) is 17.0 Å². The van der Waals surface area contributed by atoms with Crippen molar-refractivity contribution in [3.05, 3.63) is 95.9 Å². The average molecular weight is 463 g/mol. The maximum absolute atomic E-state index is 14.1. The zero-order chi connectivity index (χ0) is 25.1. The molecule has 0 aliphatic carbocycles. The highest BCUT2D eigenvalue weighted by atomic mass is 19.1. The summed E-state index contributed by atoms with van der Waals surface area (Å²) in [6.07, 6.45) is 13.7. The number of rotatable bonds is 12. The third kappa shape index (κ3) is 7.40. The van der Waals surface area contributed by atoms with Gasteiger partial charge in [0.2, 0.25) is 0 Å². The molecule has 1 N–H and O–H groups in total. The zero-order valence-electron chi connectivity index (χ0n) is 20.8. The van der Waals surface area contributed by atoms with Crippen molar-refractivity contribution in [1.29, 1.82) is 0 Å². The van der Waals surface area contributed by atoms with Gasteiger partial charge in [-0.05, 0) is 62.5 Å². The van der Waals surface area contributed by atoms with Crippen LogP contribution in [0.4, 0.5) is 10.1 Å². The number of hydrogen-bond donors (Lipinski definition) is 1. The molecule has 0 aliphatic rings. The van der Waals surface area contributed by atoms with Crippen molar-refractivity contribution in [3.8, 4) is 0 Å². The molecule has 2 rings (SSSR count). The van der Waals surface area contributed by atoms with E-state index in [1.807, 2.05) is 57.7 Å². The average Bonchev–Trinajstić information content (AvgIpc) is 3.13. The summed E-state index contributed by atoms with van der Waals surface area (Å²) in [6, 6.07) is 5.46. The lowest BCUT2D eigenvalue weighted by Crippen LogP contribution is -2.19. The van der Waals surface area contributed by atoms with Crippen LogP contribution in [0.15, 0.2) is 83.2 Å². The van der Waals surface area contributed by atoms with E-state index in [0.29, 0.717) is 12.2 Å². The molecule has 6 nitrogen and oxygen atoms in total. The molecule has 0 bridgehead atoms. The summed E-state index contributed by atoms with van der Waals surface area (Å²) in [6.45, 7) is 13.5. The highest BCUT2D eigenvalue weighted by Crippen LogP contribution is 2.25. The standard InChI is InChI=1S/C27H35FN6/c1-8-10-22(14-16-33(6)27(9-2)23-12-11-20(3)24(28)17-23)25(13-15-29-5)30-19-31-26-18-34(7)32-21(26)4/h8,10-18,27,31H,1,5,9,19H2,2-4,6-7H3/b15-13-,16-14-,22-10?,30-25+. The fourth-order valence-corrected chi connectivity index (χ4v) is 3.58. The quantitative estimate of drug-likeness (QED) is 0.315. The van der Waals surface area contributed by atoms with Gasteiger partial charge in [-0.25, -0.2) is 4.39 Å². The monoisotopic (exact) mass is 462 g/mol. The highest BCUT2D eigenvalue weighted by molar-refractivity contribution is 6.10. The number of allylic oxidation sites excluding steroid dienone is 5. The molecule has 1 aromatic heterocycles. The fourth-order valence-electron chi connectivity index (χ4n) is 3.58. The Kier molecular flexibility index (Phi) is 10.2. The molecule has 7 heteroatoms. The van der Waals surface area contributed by atoms with Crippen LogP contribution in [0.1, 0.15) is 36.2 Å². The van der Waals surface area contributed by atoms with Gasteiger partial charge in [0.25, 0.3) is 0 Å². The van der Waals surface area contributed by atoms with E-state index in [9.17, 15) is 4.39 Å². The largest absolute Gasteiger partial charge is 0.373 e. The van der Waals surface area contributed by atoms with E-state index in [-0.39, 0.29) is 11.9 Å². The van der Waals surface area contributed by atoms with Gasteiger partial charge < -0.3 is 10.2 Å². The van der Waals surface area contributed by atoms with Gasteiger partial charge in [0, 0.05) is 32.1 Å². The molecule has 1 atom stereocenters. The zero-order valence-corrected chi connectivity index (χ0v) is 20.8. The van der Waals surface area contributed by atoms with Crippen molar-refractivity contribution in [3.63, 3.8) is 0 Å². The minimum atomic E-state index is -0.187. The Balaban J connectivity index is 2.26. The third-order valence-electron chi connectivity index (χ3n) is 5.41. The first-order valence-corrected chi connectivity index (χ1v) is 11.2. The van der Waals surface area contributed by atoms with Crippen molar-refractivity contribution >= 4 is 18.1 Å². The molecule has 1 heterocycles. The molecule has 1 aromatic carbocycles. The van der Waals surface area contributed by atoms with Crippen LogP contribution in [-0.4, -0.2) is 40.8 Å². The van der Waals surface area contributed by atoms with Crippen LogP contribution < -0.4 is 5.32 Å². The van der Waals surface area contributed by atoms with E-state index in [1.54, 1.807) is 36.0 Å². The summed E-state index contributed by atoms with van der Waals surface area (Å²) in [5, 5.41) is 7.62. The molecule has 0 fully saturated rings. The van der Waals surface area contributed by atoms with E-state index in [1.165, 1.54) is 0 Å². The second-order valence-electron chi connectivity index (χ2n) is 7.95. The van der Waals surface area contributed by atoms with Crippen LogP contribution in [0.25, 0.3) is 0 Å². The molecule has 0 aliphatic heterocycles. The van der Waals surface area contributed by atoms with Crippen LogP contribution >= 0.6 is 0 Å². The Labute approximate surface area is 202 Å². The SMILES string of the molecule is C=CC=C(/C=C\N(C)C(CC)c1ccc(C)c(F)c1)C(/C=C\N=C)=N/CNc1cn(C)nc1C. The highest BCUT2D eigenvalue weighted by Gasteiger charge is 2.14. The van der Waals surface area contributed by atoms with E-state index in [4.69, 9.17) is 4.99 Å². The van der Waals surface area contributed by atoms with Gasteiger partial charge in [-0.2, -0.15) is 5.10 Å². The first-order chi connectivity index (χ1) is 16.3. The molecule has 34 heavy (non-hydrogen) atoms. The number of aliphatic imine (C=N–C) groups is 2. The van der Waals surface area contributed by atoms with Crippen LogP contribution in [0.2, 0.25) is 0 Å². The fraction of sp³-hybridized carbons (Fsp3) is 0.296. The van der Waals surface area contributed by atoms with Gasteiger partial charge in [0.05, 0.1) is 23.1 Å². The topological polar surface area (TPSA) is 57.8 Å². The van der Waals surface area contributed by atoms with Gasteiger partial charge in [0.15, 0.2) is 0 Å². The van der Waals surface area contributed by atoms with Crippen LogP contribution in [0.5, 0.6) is 0 Å². The molecule has 1 unspecified atom stereocenters. The second-order valence-corrected chi connectivity index (χ2v) is 7.95. The predicted molar refractivity (Wildman–Crippen MR) is 142 cm³/mol. The molecule has 2 aromatic rings. The smallest absolute Gasteiger partial charge is 0.126 e. The summed E-state index contributed by atoms with van der Waals surface area (Å²) < 4.78 is 15.9. The Hall–Kier alpha value is -3.74. The van der Waals surface area contributed by atoms with Gasteiger partial charge >= 0.3 is 0 Å². The summed E-state index contributed by atoms with van der Waals surface area (Å²) in [4.78, 5) is 10.6. The Morgan fingerprint density at radius 1 is 1.32 bits per heavy atom. The van der Waals surface area contributed by atoms with Gasteiger partial charge in [-0.1, -0.05) is 37.8 Å². The maximum atomic E-state index is 14.1. The van der Waals surface area contributed by atoms with Crippen molar-refractivity contribution in [1.82, 2.24) is 14.7 Å². The number of anilines is 1. The van der Waals surface area contributed by atoms with E-state index in [0.717, 1.165) is 34.7 Å². The van der Waals surface area contributed by atoms with Crippen molar-refractivity contribution in [2.75, 3.05) is 19.0 Å². The van der Waals surface area contributed by atoms with E-state index in [2.05, 4.69) is 40.5 Å². The van der Waals surface area contributed by atoms with Gasteiger partial charge in [-0.3, -0.25) is 14.7 Å². The summed E-state index contributed by atoms with van der Waals surface area (Å²) in [5.74, 6) is -0.187. The van der Waals surface area contributed by atoms with Gasteiger partial charge in [-0.15, -0.1) is 0 Å². The number of aromatic nitrogens is 2. The predicted octanol–water partition coefficient (Wildman–Crippen LogP) is 5.91. The van der Waals surface area contributed by atoms with Crippen molar-refractivity contribution < 1.29 is 4.39 Å². The van der Waals surface area contributed by atoms with Crippen LogP contribution in [0.3, 0.4) is 0 Å². The molecule has 0 spiro atoms. The number of halogens is 1. The summed E-state index contributed by atoms with van der Waals surface area (Å²) in [7, 11) is 3.87. The van der Waals surface area contributed by atoms with E-state index >= 15 is 0 Å². The third-order valence-corrected chi connectivity index (χ3v) is 5.41. The first-order valence-electron chi connectivity index (χ1n) is 11.2. The molecule has 180 valence electrons. The molecular weight excluding hydrogens is 427 g/mol. The minimum Gasteiger partial charge on any atom is -0.373 e. The summed E-state index contributed by atoms with van der Waals surface area (Å²) >= 11 is 0. The number of benzene rings is 1. The lowest BCUT2D eigenvalue weighted by molar-refractivity contribution is 0.327. The molecule has 0 radical (unpaired) electrons. The van der Waals surface area contributed by atoms with E-state index < -0.39 is 0 Å². The normalized spacial score (nSPS) is 13.5. The Bertz CT molecular complexity index is 1110. The molecule has 0 saturated heterocycles. The van der Waals surface area contributed by atoms with Gasteiger partial charge in [0.1, 0.15) is 12.5 Å². The summed E-state index contributed by atoms with van der Waals surface area (Å²) in [5.41, 5.74) is 5.00. The minimum absolute atomic E-state index is 0.0392. The van der Waals surface area contributed by atoms with Crippen LogP contribution in [-0.2, 0) is 7.05 Å². The Morgan fingerprint density at radius 2 is 2.09 bits per heavy atom. The molecule has 0 amide bonds. The molecular formula is C27H35FN6. The molecule has 0 saturated carbocycles. The van der Waals surface area contributed by atoms with Crippen LogP contribution in [0, 0.1) is 19.7 Å². The number of aryl methyl sites for hydroxylation is 3. The number of nitrogens with zero attached hydrogens (tertiary/aromatic N) is 5. The lowest BCUT2D eigenvalue weighted by atomic mass is 10.0. The number of hydrogen-bond acceptors (Lipinski definition) is 5. The van der Waals surface area contributed by atoms with Crippen molar-refractivity contribution in [2.45, 2.75) is 33.2 Å². The Morgan fingerprint density at radius 3 is 2.68 bits per heavy atom. The first kappa shape index (κ1) is 26.5. The lowest BCUT2D eigenvalue weighted by Gasteiger charge is -2.26.